The molecule has 1 saturated heterocycles. The van der Waals surface area contributed by atoms with Crippen molar-refractivity contribution >= 4 is 5.91 Å². The molecule has 0 spiro atoms. The second-order valence-electron chi connectivity index (χ2n) is 10.9. The molecule has 1 saturated carbocycles. The lowest BCUT2D eigenvalue weighted by Crippen LogP contribution is -2.61. The molecule has 6 atom stereocenters. The highest BCUT2D eigenvalue weighted by Gasteiger charge is 2.43. The molecule has 0 aromatic heterocycles. The van der Waals surface area contributed by atoms with Crippen LogP contribution in [0.2, 0.25) is 0 Å². The van der Waals surface area contributed by atoms with E-state index < -0.39 is 12.2 Å². The van der Waals surface area contributed by atoms with Gasteiger partial charge in [0, 0.05) is 24.0 Å². The lowest BCUT2D eigenvalue weighted by Gasteiger charge is -2.49. The van der Waals surface area contributed by atoms with Gasteiger partial charge in [-0.2, -0.15) is 0 Å². The first-order valence-electron chi connectivity index (χ1n) is 12.2. The van der Waals surface area contributed by atoms with Crippen molar-refractivity contribution < 1.29 is 20.1 Å². The zero-order valence-corrected chi connectivity index (χ0v) is 20.1. The van der Waals surface area contributed by atoms with Gasteiger partial charge in [0.25, 0.3) is 0 Å². The summed E-state index contributed by atoms with van der Waals surface area (Å²) in [5.41, 5.74) is 1.22. The Kier molecular flexibility index (Phi) is 8.37. The predicted octanol–water partition coefficient (Wildman–Crippen LogP) is 3.15. The number of benzene rings is 1. The Hall–Kier alpha value is -1.47. The molecule has 6 unspecified atom stereocenters. The number of carbonyl (C=O) groups excluding carboxylic acids is 1. The van der Waals surface area contributed by atoms with Gasteiger partial charge in [0.05, 0.1) is 24.9 Å². The Balaban J connectivity index is 1.74. The first-order chi connectivity index (χ1) is 15.1. The van der Waals surface area contributed by atoms with Crippen molar-refractivity contribution in [1.29, 1.82) is 0 Å². The number of hydrogen-bond donors (Lipinski definition) is 4. The molecule has 1 aliphatic heterocycles. The van der Waals surface area contributed by atoms with Crippen molar-refractivity contribution in [3.63, 3.8) is 0 Å². The molecule has 1 aromatic rings. The summed E-state index contributed by atoms with van der Waals surface area (Å²) in [5.74, 6) is 0.243. The van der Waals surface area contributed by atoms with Crippen LogP contribution in [0, 0.1) is 11.8 Å². The van der Waals surface area contributed by atoms with Crippen molar-refractivity contribution in [3.05, 3.63) is 35.4 Å². The van der Waals surface area contributed by atoms with Crippen molar-refractivity contribution in [2.75, 3.05) is 6.54 Å². The van der Waals surface area contributed by atoms with Gasteiger partial charge >= 0.3 is 0 Å². The third-order valence-electron chi connectivity index (χ3n) is 7.31. The fraction of sp³-hybridized carbons (Fsp3) is 0.731. The maximum Gasteiger partial charge on any atom is 0.237 e. The van der Waals surface area contributed by atoms with Gasteiger partial charge in [-0.15, -0.1) is 0 Å². The summed E-state index contributed by atoms with van der Waals surface area (Å²) in [6, 6.07) is 7.27. The van der Waals surface area contributed by atoms with E-state index in [0.717, 1.165) is 36.8 Å². The molecule has 2 fully saturated rings. The molecule has 6 nitrogen and oxygen atoms in total. The van der Waals surface area contributed by atoms with Gasteiger partial charge < -0.3 is 20.6 Å². The number of aliphatic hydroxyl groups excluding tert-OH is 3. The van der Waals surface area contributed by atoms with E-state index >= 15 is 0 Å². The summed E-state index contributed by atoms with van der Waals surface area (Å²) in [6.45, 7) is 8.20. The highest BCUT2D eigenvalue weighted by molar-refractivity contribution is 5.82. The molecule has 180 valence electrons. The van der Waals surface area contributed by atoms with E-state index in [1.807, 2.05) is 27.7 Å². The molecule has 3 rings (SSSR count). The molecule has 32 heavy (non-hydrogen) atoms. The standard InChI is InChI=1S/C26H42N2O4/c1-17(24(31)20-11-9-18(16-29)10-12-20)23(30)15-28-21-8-6-5-7-19(21)13-14-22(28)25(32)27-26(2,3)4/h9-12,17,19,21-24,29-31H,5-8,13-16H2,1-4H3,(H,27,32). The molecular formula is C26H42N2O4. The normalized spacial score (nSPS) is 27.3. The maximum atomic E-state index is 13.2. The molecule has 0 bridgehead atoms. The minimum Gasteiger partial charge on any atom is -0.392 e. The quantitative estimate of drug-likeness (QED) is 0.516. The molecular weight excluding hydrogens is 404 g/mol. The largest absolute Gasteiger partial charge is 0.392 e. The SMILES string of the molecule is CC(C(O)CN1C(C(=O)NC(C)(C)C)CCC2CCCCC21)C(O)c1ccc(CO)cc1. The van der Waals surface area contributed by atoms with Crippen LogP contribution in [0.4, 0.5) is 0 Å². The van der Waals surface area contributed by atoms with Crippen LogP contribution in [0.3, 0.4) is 0 Å². The van der Waals surface area contributed by atoms with E-state index in [4.69, 9.17) is 0 Å². The third-order valence-corrected chi connectivity index (χ3v) is 7.31. The Morgan fingerprint density at radius 3 is 2.38 bits per heavy atom. The summed E-state index contributed by atoms with van der Waals surface area (Å²) in [5, 5.41) is 34.4. The van der Waals surface area contributed by atoms with Crippen molar-refractivity contribution in [1.82, 2.24) is 10.2 Å². The number of β-amino-alcohol motifs (C(OH)–C–C–N with tert-alkyl or cyclic N) is 1. The Labute approximate surface area is 193 Å². The number of piperidine rings is 1. The summed E-state index contributed by atoms with van der Waals surface area (Å²) in [7, 11) is 0. The van der Waals surface area contributed by atoms with Crippen LogP contribution >= 0.6 is 0 Å². The second-order valence-corrected chi connectivity index (χ2v) is 10.9. The fourth-order valence-electron chi connectivity index (χ4n) is 5.44. The number of likely N-dealkylation sites (tertiary alicyclic amines) is 1. The molecule has 0 radical (unpaired) electrons. The van der Waals surface area contributed by atoms with Gasteiger partial charge in [0.15, 0.2) is 0 Å². The van der Waals surface area contributed by atoms with Crippen LogP contribution in [0.1, 0.15) is 83.5 Å². The number of nitrogens with zero attached hydrogens (tertiary/aromatic N) is 1. The van der Waals surface area contributed by atoms with Crippen LogP contribution in [-0.2, 0) is 11.4 Å². The fourth-order valence-corrected chi connectivity index (χ4v) is 5.44. The van der Waals surface area contributed by atoms with E-state index in [1.54, 1.807) is 24.3 Å². The lowest BCUT2D eigenvalue weighted by atomic mass is 9.75. The second kappa shape index (κ2) is 10.6. The number of carbonyl (C=O) groups is 1. The molecule has 6 heteroatoms. The van der Waals surface area contributed by atoms with Gasteiger partial charge in [-0.3, -0.25) is 9.69 Å². The molecule has 2 aliphatic rings. The van der Waals surface area contributed by atoms with Crippen molar-refractivity contribution in [3.8, 4) is 0 Å². The van der Waals surface area contributed by atoms with Crippen LogP contribution in [0.25, 0.3) is 0 Å². The van der Waals surface area contributed by atoms with Crippen molar-refractivity contribution in [2.45, 2.75) is 103 Å². The number of aliphatic hydroxyl groups is 3. The molecule has 1 aliphatic carbocycles. The lowest BCUT2D eigenvalue weighted by molar-refractivity contribution is -0.134. The van der Waals surface area contributed by atoms with Gasteiger partial charge in [0.2, 0.25) is 5.91 Å². The van der Waals surface area contributed by atoms with Crippen LogP contribution in [0.5, 0.6) is 0 Å². The van der Waals surface area contributed by atoms with Gasteiger partial charge in [-0.05, 0) is 63.5 Å². The summed E-state index contributed by atoms with van der Waals surface area (Å²) in [4.78, 5) is 15.4. The van der Waals surface area contributed by atoms with E-state index in [0.29, 0.717) is 18.5 Å². The molecule has 4 N–H and O–H groups in total. The Morgan fingerprint density at radius 2 is 1.75 bits per heavy atom. The van der Waals surface area contributed by atoms with Crippen LogP contribution in [-0.4, -0.2) is 56.4 Å². The van der Waals surface area contributed by atoms with Crippen LogP contribution < -0.4 is 5.32 Å². The monoisotopic (exact) mass is 446 g/mol. The van der Waals surface area contributed by atoms with E-state index in [-0.39, 0.29) is 30.0 Å². The first-order valence-corrected chi connectivity index (χ1v) is 12.2. The number of fused-ring (bicyclic) bond motifs is 1. The van der Waals surface area contributed by atoms with E-state index in [2.05, 4.69) is 10.2 Å². The third kappa shape index (κ3) is 6.10. The predicted molar refractivity (Wildman–Crippen MR) is 126 cm³/mol. The average molecular weight is 447 g/mol. The Morgan fingerprint density at radius 1 is 1.09 bits per heavy atom. The summed E-state index contributed by atoms with van der Waals surface area (Å²) >= 11 is 0. The maximum absolute atomic E-state index is 13.2. The molecule has 1 amide bonds. The van der Waals surface area contributed by atoms with E-state index in [9.17, 15) is 20.1 Å². The number of hydrogen-bond acceptors (Lipinski definition) is 5. The minimum absolute atomic E-state index is 0.0376. The van der Waals surface area contributed by atoms with Crippen molar-refractivity contribution in [2.24, 2.45) is 11.8 Å². The highest BCUT2D eigenvalue weighted by atomic mass is 16.3. The highest BCUT2D eigenvalue weighted by Crippen LogP contribution is 2.39. The summed E-state index contributed by atoms with van der Waals surface area (Å²) in [6.07, 6.45) is 4.98. The van der Waals surface area contributed by atoms with Crippen LogP contribution in [0.15, 0.2) is 24.3 Å². The van der Waals surface area contributed by atoms with Gasteiger partial charge in [-0.25, -0.2) is 0 Å². The summed E-state index contributed by atoms with van der Waals surface area (Å²) < 4.78 is 0. The smallest absolute Gasteiger partial charge is 0.237 e. The Bertz CT molecular complexity index is 745. The zero-order valence-electron chi connectivity index (χ0n) is 20.1. The molecule has 1 aromatic carbocycles. The zero-order chi connectivity index (χ0) is 23.5. The van der Waals surface area contributed by atoms with Gasteiger partial charge in [0.1, 0.15) is 0 Å². The first kappa shape index (κ1) is 25.2. The number of amides is 1. The van der Waals surface area contributed by atoms with E-state index in [1.165, 1.54) is 12.8 Å². The van der Waals surface area contributed by atoms with Gasteiger partial charge in [-0.1, -0.05) is 44.0 Å². The number of nitrogens with one attached hydrogen (secondary N) is 1. The average Bonchev–Trinajstić information content (AvgIpc) is 2.77. The molecule has 1 heterocycles. The topological polar surface area (TPSA) is 93.0 Å². The number of rotatable bonds is 7. The minimum atomic E-state index is -0.813.